The summed E-state index contributed by atoms with van der Waals surface area (Å²) < 4.78 is 28.4. The number of rotatable bonds is 6. The number of sulfone groups is 1. The van der Waals surface area contributed by atoms with Gasteiger partial charge in [0.15, 0.2) is 16.4 Å². The number of carbonyl (C=O) groups excluding carboxylic acids is 2. The molecule has 2 aromatic carbocycles. The Kier molecular flexibility index (Phi) is 6.61. The van der Waals surface area contributed by atoms with E-state index in [1.54, 1.807) is 6.92 Å². The SMILES string of the molecule is Cc1ccc([C@H](C)NC(=O)COC(=O)c2cc(S(C)(=O)=O)ccc2C)cc1C. The quantitative estimate of drug-likeness (QED) is 0.749. The predicted octanol–water partition coefficient (Wildman–Crippen LogP) is 3.05. The van der Waals surface area contributed by atoms with E-state index in [4.69, 9.17) is 4.74 Å². The molecule has 150 valence electrons. The summed E-state index contributed by atoms with van der Waals surface area (Å²) in [4.78, 5) is 24.5. The molecule has 0 bridgehead atoms. The van der Waals surface area contributed by atoms with Crippen LogP contribution < -0.4 is 5.32 Å². The third kappa shape index (κ3) is 5.42. The number of aryl methyl sites for hydroxylation is 3. The Bertz CT molecular complexity index is 1010. The molecule has 1 N–H and O–H groups in total. The van der Waals surface area contributed by atoms with Crippen LogP contribution in [0.1, 0.15) is 45.6 Å². The van der Waals surface area contributed by atoms with Crippen LogP contribution in [-0.4, -0.2) is 33.2 Å². The number of carbonyl (C=O) groups is 2. The minimum absolute atomic E-state index is 0.0258. The summed E-state index contributed by atoms with van der Waals surface area (Å²) in [5.41, 5.74) is 3.95. The molecule has 28 heavy (non-hydrogen) atoms. The van der Waals surface area contributed by atoms with Gasteiger partial charge in [-0.2, -0.15) is 0 Å². The first-order valence-corrected chi connectivity index (χ1v) is 10.7. The van der Waals surface area contributed by atoms with Crippen LogP contribution in [0.2, 0.25) is 0 Å². The van der Waals surface area contributed by atoms with E-state index in [-0.39, 0.29) is 16.5 Å². The van der Waals surface area contributed by atoms with Crippen molar-refractivity contribution in [3.63, 3.8) is 0 Å². The van der Waals surface area contributed by atoms with Gasteiger partial charge < -0.3 is 10.1 Å². The lowest BCUT2D eigenvalue weighted by Gasteiger charge is -2.16. The van der Waals surface area contributed by atoms with Gasteiger partial charge in [0.25, 0.3) is 5.91 Å². The number of benzene rings is 2. The molecule has 0 aliphatic heterocycles. The molecule has 1 amide bonds. The standard InChI is InChI=1S/C21H25NO5S/c1-13-6-8-17(10-15(13)3)16(4)22-20(23)12-27-21(24)19-11-18(28(5,25)26)9-7-14(19)2/h6-11,16H,12H2,1-5H3,(H,22,23)/t16-/m0/s1. The molecule has 7 heteroatoms. The van der Waals surface area contributed by atoms with Crippen molar-refractivity contribution in [2.24, 2.45) is 0 Å². The Morgan fingerprint density at radius 3 is 2.25 bits per heavy atom. The van der Waals surface area contributed by atoms with E-state index in [2.05, 4.69) is 5.32 Å². The minimum Gasteiger partial charge on any atom is -0.452 e. The lowest BCUT2D eigenvalue weighted by molar-refractivity contribution is -0.124. The second kappa shape index (κ2) is 8.56. The van der Waals surface area contributed by atoms with E-state index in [1.165, 1.54) is 23.8 Å². The maximum absolute atomic E-state index is 12.3. The van der Waals surface area contributed by atoms with Crippen molar-refractivity contribution in [3.8, 4) is 0 Å². The third-order valence-corrected chi connectivity index (χ3v) is 5.71. The molecule has 2 rings (SSSR count). The topological polar surface area (TPSA) is 89.5 Å². The molecular weight excluding hydrogens is 378 g/mol. The average Bonchev–Trinajstić information content (AvgIpc) is 2.61. The largest absolute Gasteiger partial charge is 0.452 e. The summed E-state index contributed by atoms with van der Waals surface area (Å²) >= 11 is 0. The molecule has 6 nitrogen and oxygen atoms in total. The van der Waals surface area contributed by atoms with Gasteiger partial charge in [0, 0.05) is 6.26 Å². The van der Waals surface area contributed by atoms with Gasteiger partial charge in [-0.25, -0.2) is 13.2 Å². The minimum atomic E-state index is -3.45. The van der Waals surface area contributed by atoms with E-state index in [0.29, 0.717) is 5.56 Å². The Balaban J connectivity index is 2.00. The highest BCUT2D eigenvalue weighted by atomic mass is 32.2. The van der Waals surface area contributed by atoms with E-state index < -0.39 is 28.3 Å². The van der Waals surface area contributed by atoms with Crippen LogP contribution in [0.4, 0.5) is 0 Å². The van der Waals surface area contributed by atoms with Crippen LogP contribution in [0, 0.1) is 20.8 Å². The molecular formula is C21H25NO5S. The van der Waals surface area contributed by atoms with Gasteiger partial charge in [-0.05, 0) is 62.1 Å². The summed E-state index contributed by atoms with van der Waals surface area (Å²) in [7, 11) is -3.45. The molecule has 0 heterocycles. The Labute approximate surface area is 165 Å². The van der Waals surface area contributed by atoms with Gasteiger partial charge in [0.05, 0.1) is 16.5 Å². The number of nitrogens with one attached hydrogen (secondary N) is 1. The van der Waals surface area contributed by atoms with Crippen molar-refractivity contribution < 1.29 is 22.7 Å². The van der Waals surface area contributed by atoms with Crippen LogP contribution in [-0.2, 0) is 19.4 Å². The average molecular weight is 404 g/mol. The van der Waals surface area contributed by atoms with Crippen LogP contribution in [0.25, 0.3) is 0 Å². The number of ether oxygens (including phenoxy) is 1. The second-order valence-corrected chi connectivity index (χ2v) is 8.97. The molecule has 0 aliphatic rings. The maximum Gasteiger partial charge on any atom is 0.338 e. The van der Waals surface area contributed by atoms with E-state index in [9.17, 15) is 18.0 Å². The highest BCUT2D eigenvalue weighted by Gasteiger charge is 2.17. The van der Waals surface area contributed by atoms with Crippen molar-refractivity contribution >= 4 is 21.7 Å². The highest BCUT2D eigenvalue weighted by molar-refractivity contribution is 7.90. The van der Waals surface area contributed by atoms with Gasteiger partial charge in [-0.1, -0.05) is 24.3 Å². The van der Waals surface area contributed by atoms with Crippen LogP contribution >= 0.6 is 0 Å². The van der Waals surface area contributed by atoms with Crippen molar-refractivity contribution in [1.82, 2.24) is 5.32 Å². The molecule has 0 radical (unpaired) electrons. The van der Waals surface area contributed by atoms with Gasteiger partial charge in [-0.3, -0.25) is 4.79 Å². The fourth-order valence-corrected chi connectivity index (χ4v) is 3.31. The number of hydrogen-bond acceptors (Lipinski definition) is 5. The normalized spacial score (nSPS) is 12.3. The first-order chi connectivity index (χ1) is 13.0. The molecule has 0 aliphatic carbocycles. The van der Waals surface area contributed by atoms with Crippen molar-refractivity contribution in [2.45, 2.75) is 38.6 Å². The van der Waals surface area contributed by atoms with Crippen molar-refractivity contribution in [2.75, 3.05) is 12.9 Å². The van der Waals surface area contributed by atoms with Crippen molar-refractivity contribution in [1.29, 1.82) is 0 Å². The fourth-order valence-electron chi connectivity index (χ4n) is 2.66. The van der Waals surface area contributed by atoms with Crippen molar-refractivity contribution in [3.05, 3.63) is 64.2 Å². The third-order valence-electron chi connectivity index (χ3n) is 4.60. The predicted molar refractivity (Wildman–Crippen MR) is 107 cm³/mol. The van der Waals surface area contributed by atoms with E-state index in [1.807, 2.05) is 39.0 Å². The van der Waals surface area contributed by atoms with Crippen LogP contribution in [0.15, 0.2) is 41.3 Å². The molecule has 0 unspecified atom stereocenters. The lowest BCUT2D eigenvalue weighted by atomic mass is 10.0. The summed E-state index contributed by atoms with van der Waals surface area (Å²) in [6, 6.07) is 9.94. The Morgan fingerprint density at radius 1 is 1.00 bits per heavy atom. The number of esters is 1. The smallest absolute Gasteiger partial charge is 0.338 e. The van der Waals surface area contributed by atoms with E-state index >= 15 is 0 Å². The molecule has 0 saturated carbocycles. The Hall–Kier alpha value is -2.67. The van der Waals surface area contributed by atoms with Gasteiger partial charge >= 0.3 is 5.97 Å². The fraction of sp³-hybridized carbons (Fsp3) is 0.333. The zero-order valence-corrected chi connectivity index (χ0v) is 17.5. The summed E-state index contributed by atoms with van der Waals surface area (Å²) in [5, 5.41) is 2.79. The summed E-state index contributed by atoms with van der Waals surface area (Å²) in [6.07, 6.45) is 1.06. The van der Waals surface area contributed by atoms with Gasteiger partial charge in [-0.15, -0.1) is 0 Å². The number of hydrogen-bond donors (Lipinski definition) is 1. The van der Waals surface area contributed by atoms with Crippen LogP contribution in [0.5, 0.6) is 0 Å². The first-order valence-electron chi connectivity index (χ1n) is 8.83. The zero-order valence-electron chi connectivity index (χ0n) is 16.7. The van der Waals surface area contributed by atoms with Gasteiger partial charge in [0.1, 0.15) is 0 Å². The molecule has 0 fully saturated rings. The second-order valence-electron chi connectivity index (χ2n) is 6.96. The molecule has 0 spiro atoms. The molecule has 2 aromatic rings. The molecule has 1 atom stereocenters. The van der Waals surface area contributed by atoms with E-state index in [0.717, 1.165) is 17.4 Å². The highest BCUT2D eigenvalue weighted by Crippen LogP contribution is 2.18. The molecule has 0 saturated heterocycles. The maximum atomic E-state index is 12.3. The van der Waals surface area contributed by atoms with Crippen LogP contribution in [0.3, 0.4) is 0 Å². The summed E-state index contributed by atoms with van der Waals surface area (Å²) in [5.74, 6) is -1.17. The first kappa shape index (κ1) is 21.6. The monoisotopic (exact) mass is 403 g/mol. The lowest BCUT2D eigenvalue weighted by Crippen LogP contribution is -2.31. The Morgan fingerprint density at radius 2 is 1.64 bits per heavy atom. The zero-order chi connectivity index (χ0) is 21.1. The molecule has 0 aromatic heterocycles. The number of amides is 1. The summed E-state index contributed by atoms with van der Waals surface area (Å²) in [6.45, 7) is 7.09. The van der Waals surface area contributed by atoms with Gasteiger partial charge in [0.2, 0.25) is 0 Å².